The van der Waals surface area contributed by atoms with Crippen molar-refractivity contribution >= 4 is 27.9 Å². The van der Waals surface area contributed by atoms with Gasteiger partial charge in [0.05, 0.1) is 4.90 Å². The molecule has 0 spiro atoms. The molecule has 0 fully saturated rings. The van der Waals surface area contributed by atoms with Crippen LogP contribution in [0.4, 0.5) is 0 Å². The molecule has 0 atom stereocenters. The highest BCUT2D eigenvalue weighted by atomic mass is 35.5. The summed E-state index contributed by atoms with van der Waals surface area (Å²) < 4.78 is 26.7. The molecule has 0 aliphatic rings. The number of carbonyl (C=O) groups excluding carboxylic acids is 1. The lowest BCUT2D eigenvalue weighted by atomic mass is 10.0. The lowest BCUT2D eigenvalue weighted by molar-refractivity contribution is 0.111. The van der Waals surface area contributed by atoms with Crippen molar-refractivity contribution in [3.05, 3.63) is 95.3 Å². The fourth-order valence-electron chi connectivity index (χ4n) is 3.55. The van der Waals surface area contributed by atoms with Gasteiger partial charge in [0.1, 0.15) is 11.5 Å². The maximum absolute atomic E-state index is 12.5. The Hall–Kier alpha value is -3.97. The van der Waals surface area contributed by atoms with E-state index in [1.165, 1.54) is 12.3 Å². The predicted molar refractivity (Wildman–Crippen MR) is 126 cm³/mol. The zero-order valence-corrected chi connectivity index (χ0v) is 19.1. The van der Waals surface area contributed by atoms with Crippen LogP contribution in [0, 0.1) is 11.5 Å². The van der Waals surface area contributed by atoms with Crippen LogP contribution in [-0.4, -0.2) is 24.3 Å². The minimum absolute atomic E-state index is 0.0333. The van der Waals surface area contributed by atoms with E-state index in [1.54, 1.807) is 39.8 Å². The van der Waals surface area contributed by atoms with Gasteiger partial charge in [0, 0.05) is 17.7 Å². The van der Waals surface area contributed by atoms with Gasteiger partial charge < -0.3 is 9.40 Å². The van der Waals surface area contributed by atoms with E-state index in [0.717, 1.165) is 11.1 Å². The molecule has 4 rings (SSSR count). The Bertz CT molecular complexity index is 1480. The Labute approximate surface area is 201 Å². The third kappa shape index (κ3) is 4.70. The molecule has 4 aromatic rings. The number of hydrogen-bond donors (Lipinski definition) is 1. The molecule has 0 aliphatic carbocycles. The number of nitriles is 1. The highest BCUT2D eigenvalue weighted by Crippen LogP contribution is 2.29. The maximum Gasteiger partial charge on any atom is 0.308 e. The molecule has 0 saturated carbocycles. The Balaban J connectivity index is 1.68. The minimum atomic E-state index is -4.06. The van der Waals surface area contributed by atoms with Gasteiger partial charge in [0.25, 0.3) is 10.0 Å². The van der Waals surface area contributed by atoms with Crippen LogP contribution >= 0.6 is 11.6 Å². The number of carbonyl (C=O) groups is 1. The molecule has 0 amide bonds. The number of aldehydes is 1. The molecule has 10 heteroatoms. The first-order valence-corrected chi connectivity index (χ1v) is 11.8. The minimum Gasteiger partial charge on any atom is -0.316 e. The van der Waals surface area contributed by atoms with Crippen LogP contribution in [0.25, 0.3) is 22.5 Å². The van der Waals surface area contributed by atoms with Gasteiger partial charge in [0.15, 0.2) is 11.4 Å². The smallest absolute Gasteiger partial charge is 0.308 e. The van der Waals surface area contributed by atoms with Crippen LogP contribution in [0.15, 0.2) is 83.8 Å². The van der Waals surface area contributed by atoms with E-state index in [-0.39, 0.29) is 15.7 Å². The SMILES string of the molecule is N#CONS(=O)(=O)c1ccccc1-c1ccc(Cn2c(-c3ccccc3)nc(Cl)c2C=O)cc1. The summed E-state index contributed by atoms with van der Waals surface area (Å²) in [5.41, 5.74) is 3.02. The number of sulfonamides is 1. The van der Waals surface area contributed by atoms with Gasteiger partial charge in [-0.3, -0.25) is 4.79 Å². The largest absolute Gasteiger partial charge is 0.316 e. The molecular weight excluding hydrogens is 476 g/mol. The fourth-order valence-corrected chi connectivity index (χ4v) is 4.74. The summed E-state index contributed by atoms with van der Waals surface area (Å²) in [4.78, 5) is 22.0. The summed E-state index contributed by atoms with van der Waals surface area (Å²) in [5, 5.41) is 8.63. The third-order valence-electron chi connectivity index (χ3n) is 5.08. The number of halogens is 1. The van der Waals surface area contributed by atoms with Crippen LogP contribution in [0.3, 0.4) is 0 Å². The van der Waals surface area contributed by atoms with Crippen molar-refractivity contribution in [1.29, 1.82) is 5.26 Å². The fraction of sp³-hybridized carbons (Fsp3) is 0.0417. The quantitative estimate of drug-likeness (QED) is 0.221. The van der Waals surface area contributed by atoms with Gasteiger partial charge >= 0.3 is 6.26 Å². The summed E-state index contributed by atoms with van der Waals surface area (Å²) in [7, 11) is -4.06. The van der Waals surface area contributed by atoms with E-state index in [9.17, 15) is 13.2 Å². The second-order valence-electron chi connectivity index (χ2n) is 7.15. The van der Waals surface area contributed by atoms with Crippen LogP contribution < -0.4 is 4.89 Å². The standard InChI is InChI=1S/C24H17ClN4O4S/c25-23-21(15-30)29(24(27-23)19-6-2-1-3-7-19)14-17-10-12-18(13-11-17)20-8-4-5-9-22(20)34(31,32)28-33-16-26/h1-13,15,28H,14H2. The average Bonchev–Trinajstić information content (AvgIpc) is 3.18. The highest BCUT2D eigenvalue weighted by Gasteiger charge is 2.20. The van der Waals surface area contributed by atoms with E-state index in [0.29, 0.717) is 29.8 Å². The predicted octanol–water partition coefficient (Wildman–Crippen LogP) is 4.42. The molecular formula is C24H17ClN4O4S. The molecule has 0 unspecified atom stereocenters. The Kier molecular flexibility index (Phi) is 6.75. The second kappa shape index (κ2) is 9.89. The normalized spacial score (nSPS) is 11.1. The number of nitrogens with one attached hydrogen (secondary N) is 1. The molecule has 0 radical (unpaired) electrons. The summed E-state index contributed by atoms with van der Waals surface area (Å²) in [6, 6.07) is 23.0. The number of nitrogens with zero attached hydrogens (tertiary/aromatic N) is 3. The molecule has 1 aromatic heterocycles. The van der Waals surface area contributed by atoms with Crippen LogP contribution in [0.2, 0.25) is 5.15 Å². The van der Waals surface area contributed by atoms with Crippen molar-refractivity contribution < 1.29 is 18.0 Å². The first-order chi connectivity index (χ1) is 16.4. The van der Waals surface area contributed by atoms with Gasteiger partial charge in [-0.2, -0.15) is 0 Å². The molecule has 170 valence electrons. The van der Waals surface area contributed by atoms with Crippen molar-refractivity contribution in [2.75, 3.05) is 0 Å². The first kappa shape index (κ1) is 23.2. The Morgan fingerprint density at radius 3 is 2.35 bits per heavy atom. The number of rotatable bonds is 8. The van der Waals surface area contributed by atoms with E-state index in [4.69, 9.17) is 16.9 Å². The third-order valence-corrected chi connectivity index (χ3v) is 6.60. The first-order valence-electron chi connectivity index (χ1n) is 9.96. The lowest BCUT2D eigenvalue weighted by Crippen LogP contribution is -2.22. The van der Waals surface area contributed by atoms with Crippen molar-refractivity contribution in [3.8, 4) is 28.8 Å². The molecule has 0 aliphatic heterocycles. The van der Waals surface area contributed by atoms with Crippen LogP contribution in [0.1, 0.15) is 16.1 Å². The Morgan fingerprint density at radius 2 is 1.68 bits per heavy atom. The summed E-state index contributed by atoms with van der Waals surface area (Å²) in [6.45, 7) is 0.329. The second-order valence-corrected chi connectivity index (χ2v) is 9.13. The van der Waals surface area contributed by atoms with Gasteiger partial charge in [0.2, 0.25) is 0 Å². The molecule has 1 N–H and O–H groups in total. The number of aromatic nitrogens is 2. The topological polar surface area (TPSA) is 114 Å². The van der Waals surface area contributed by atoms with Gasteiger partial charge in [-0.05, 0) is 22.1 Å². The maximum atomic E-state index is 12.5. The van der Waals surface area contributed by atoms with Crippen molar-refractivity contribution in [2.45, 2.75) is 11.4 Å². The molecule has 0 bridgehead atoms. The lowest BCUT2D eigenvalue weighted by Gasteiger charge is -2.12. The summed E-state index contributed by atoms with van der Waals surface area (Å²) in [6.07, 6.45) is 1.95. The zero-order valence-electron chi connectivity index (χ0n) is 17.6. The monoisotopic (exact) mass is 492 g/mol. The number of imidazole rings is 1. The zero-order chi connectivity index (χ0) is 24.1. The Morgan fingerprint density at radius 1 is 1.00 bits per heavy atom. The van der Waals surface area contributed by atoms with Crippen molar-refractivity contribution in [2.24, 2.45) is 0 Å². The number of benzene rings is 3. The summed E-state index contributed by atoms with van der Waals surface area (Å²) >= 11 is 6.21. The van der Waals surface area contributed by atoms with E-state index in [1.807, 2.05) is 42.5 Å². The molecule has 1 heterocycles. The summed E-state index contributed by atoms with van der Waals surface area (Å²) in [5.74, 6) is 0.566. The highest BCUT2D eigenvalue weighted by molar-refractivity contribution is 7.89. The van der Waals surface area contributed by atoms with Crippen LogP contribution in [0.5, 0.6) is 0 Å². The molecule has 3 aromatic carbocycles. The van der Waals surface area contributed by atoms with E-state index in [2.05, 4.69) is 9.82 Å². The van der Waals surface area contributed by atoms with Gasteiger partial charge in [-0.1, -0.05) is 84.4 Å². The molecule has 34 heavy (non-hydrogen) atoms. The van der Waals surface area contributed by atoms with Crippen molar-refractivity contribution in [1.82, 2.24) is 14.4 Å². The van der Waals surface area contributed by atoms with E-state index < -0.39 is 10.0 Å². The molecule has 8 nitrogen and oxygen atoms in total. The molecule has 0 saturated heterocycles. The van der Waals surface area contributed by atoms with Crippen LogP contribution in [-0.2, 0) is 21.4 Å². The van der Waals surface area contributed by atoms with Crippen molar-refractivity contribution in [3.63, 3.8) is 0 Å². The average molecular weight is 493 g/mol. The van der Waals surface area contributed by atoms with E-state index >= 15 is 0 Å². The van der Waals surface area contributed by atoms with Gasteiger partial charge in [-0.25, -0.2) is 13.4 Å². The number of hydrogen-bond acceptors (Lipinski definition) is 6. The van der Waals surface area contributed by atoms with Gasteiger partial charge in [-0.15, -0.1) is 5.26 Å².